The lowest BCUT2D eigenvalue weighted by atomic mass is 10.1. The predicted octanol–water partition coefficient (Wildman–Crippen LogP) is 1.32. The number of nitrogens with one attached hydrogen (secondary N) is 1. The maximum atomic E-state index is 13.6. The Hall–Kier alpha value is -1.88. The Morgan fingerprint density at radius 3 is 2.62 bits per heavy atom. The number of nitrogens with zero attached hydrogens (tertiary/aromatic N) is 3. The summed E-state index contributed by atoms with van der Waals surface area (Å²) in [6, 6.07) is 2.98. The fourth-order valence-corrected chi connectivity index (χ4v) is 1.50. The summed E-state index contributed by atoms with van der Waals surface area (Å²) in [7, 11) is 1.74. The highest BCUT2D eigenvalue weighted by molar-refractivity contribution is 5.23. The summed E-state index contributed by atoms with van der Waals surface area (Å²) in [5.74, 6) is 0.171. The summed E-state index contributed by atoms with van der Waals surface area (Å²) in [6.45, 7) is 0. The molecule has 0 fully saturated rings. The monoisotopic (exact) mass is 218 g/mol. The van der Waals surface area contributed by atoms with Crippen LogP contribution < -0.4 is 5.32 Å². The second kappa shape index (κ2) is 4.76. The van der Waals surface area contributed by atoms with E-state index in [9.17, 15) is 4.39 Å². The zero-order valence-electron chi connectivity index (χ0n) is 8.76. The largest absolute Gasteiger partial charge is 0.307 e. The Bertz CT molecular complexity index is 461. The van der Waals surface area contributed by atoms with Crippen molar-refractivity contribution in [2.45, 2.75) is 6.04 Å². The molecule has 2 rings (SSSR count). The lowest BCUT2D eigenvalue weighted by Gasteiger charge is -2.14. The van der Waals surface area contributed by atoms with Crippen molar-refractivity contribution in [1.29, 1.82) is 0 Å². The van der Waals surface area contributed by atoms with E-state index in [1.165, 1.54) is 6.20 Å². The van der Waals surface area contributed by atoms with Crippen molar-refractivity contribution in [2.75, 3.05) is 7.05 Å². The molecule has 0 aliphatic heterocycles. The average molecular weight is 218 g/mol. The fraction of sp³-hybridized carbons (Fsp3) is 0.182. The zero-order valence-corrected chi connectivity index (χ0v) is 8.76. The van der Waals surface area contributed by atoms with Crippen molar-refractivity contribution in [3.63, 3.8) is 0 Å². The Labute approximate surface area is 92.6 Å². The molecule has 2 heterocycles. The van der Waals surface area contributed by atoms with Gasteiger partial charge in [-0.3, -0.25) is 4.98 Å². The molecule has 82 valence electrons. The summed E-state index contributed by atoms with van der Waals surface area (Å²) in [5, 5.41) is 2.98. The smallest absolute Gasteiger partial charge is 0.149 e. The van der Waals surface area contributed by atoms with E-state index in [2.05, 4.69) is 20.3 Å². The maximum absolute atomic E-state index is 13.6. The van der Waals surface area contributed by atoms with Crippen LogP contribution in [0.1, 0.15) is 17.4 Å². The van der Waals surface area contributed by atoms with Gasteiger partial charge in [0.1, 0.15) is 11.6 Å². The summed E-state index contributed by atoms with van der Waals surface area (Å²) in [5.41, 5.74) is 0.490. The number of pyridine rings is 1. The quantitative estimate of drug-likeness (QED) is 0.844. The van der Waals surface area contributed by atoms with Crippen molar-refractivity contribution < 1.29 is 4.39 Å². The predicted molar refractivity (Wildman–Crippen MR) is 57.1 cm³/mol. The van der Waals surface area contributed by atoms with Crippen LogP contribution in [0, 0.1) is 5.82 Å². The third-order valence-corrected chi connectivity index (χ3v) is 2.25. The van der Waals surface area contributed by atoms with Gasteiger partial charge in [0.15, 0.2) is 0 Å². The molecule has 2 aromatic heterocycles. The average Bonchev–Trinajstić information content (AvgIpc) is 2.34. The lowest BCUT2D eigenvalue weighted by Crippen LogP contribution is -2.21. The Morgan fingerprint density at radius 1 is 1.25 bits per heavy atom. The standard InChI is InChI=1S/C11H11FN4/c1-13-10(11-15-4-2-5-16-11)8-3-6-14-7-9(8)12/h2-7,10,13H,1H3. The highest BCUT2D eigenvalue weighted by atomic mass is 19.1. The molecule has 0 radical (unpaired) electrons. The number of aromatic nitrogens is 3. The molecule has 0 aliphatic carbocycles. The first-order valence-corrected chi connectivity index (χ1v) is 4.86. The molecular weight excluding hydrogens is 207 g/mol. The van der Waals surface area contributed by atoms with Crippen molar-refractivity contribution in [2.24, 2.45) is 0 Å². The Balaban J connectivity index is 2.41. The first kappa shape index (κ1) is 10.6. The summed E-state index contributed by atoms with van der Waals surface area (Å²) in [4.78, 5) is 11.9. The maximum Gasteiger partial charge on any atom is 0.149 e. The van der Waals surface area contributed by atoms with Gasteiger partial charge in [-0.05, 0) is 19.2 Å². The molecule has 0 aromatic carbocycles. The zero-order chi connectivity index (χ0) is 11.4. The van der Waals surface area contributed by atoms with E-state index in [1.54, 1.807) is 37.8 Å². The third-order valence-electron chi connectivity index (χ3n) is 2.25. The van der Waals surface area contributed by atoms with E-state index >= 15 is 0 Å². The second-order valence-electron chi connectivity index (χ2n) is 3.23. The number of hydrogen-bond acceptors (Lipinski definition) is 4. The Kier molecular flexibility index (Phi) is 3.16. The topological polar surface area (TPSA) is 50.7 Å². The number of hydrogen-bond donors (Lipinski definition) is 1. The summed E-state index contributed by atoms with van der Waals surface area (Å²) in [6.07, 6.45) is 5.99. The molecular formula is C11H11FN4. The van der Waals surface area contributed by atoms with Gasteiger partial charge in [-0.1, -0.05) is 0 Å². The van der Waals surface area contributed by atoms with Gasteiger partial charge in [-0.15, -0.1) is 0 Å². The van der Waals surface area contributed by atoms with Crippen molar-refractivity contribution in [3.8, 4) is 0 Å². The van der Waals surface area contributed by atoms with E-state index < -0.39 is 0 Å². The molecule has 1 atom stereocenters. The molecule has 0 saturated carbocycles. The van der Waals surface area contributed by atoms with Crippen LogP contribution in [0.2, 0.25) is 0 Å². The van der Waals surface area contributed by atoms with Crippen LogP contribution >= 0.6 is 0 Å². The normalized spacial score (nSPS) is 12.4. The van der Waals surface area contributed by atoms with E-state index in [0.29, 0.717) is 11.4 Å². The molecule has 2 aromatic rings. The minimum absolute atomic E-state index is 0.357. The lowest BCUT2D eigenvalue weighted by molar-refractivity contribution is 0.558. The molecule has 0 spiro atoms. The van der Waals surface area contributed by atoms with Crippen LogP contribution in [0.3, 0.4) is 0 Å². The minimum Gasteiger partial charge on any atom is -0.307 e. The molecule has 16 heavy (non-hydrogen) atoms. The van der Waals surface area contributed by atoms with Gasteiger partial charge < -0.3 is 5.32 Å². The number of halogens is 1. The van der Waals surface area contributed by atoms with Crippen molar-refractivity contribution >= 4 is 0 Å². The van der Waals surface area contributed by atoms with Gasteiger partial charge in [-0.25, -0.2) is 14.4 Å². The van der Waals surface area contributed by atoms with Crippen LogP contribution in [-0.2, 0) is 0 Å². The molecule has 0 aliphatic rings. The van der Waals surface area contributed by atoms with Crippen LogP contribution in [0.15, 0.2) is 36.9 Å². The molecule has 1 N–H and O–H groups in total. The van der Waals surface area contributed by atoms with Gasteiger partial charge in [0.25, 0.3) is 0 Å². The molecule has 1 unspecified atom stereocenters. The highest BCUT2D eigenvalue weighted by Gasteiger charge is 2.17. The molecule has 0 bridgehead atoms. The molecule has 5 heteroatoms. The van der Waals surface area contributed by atoms with Crippen LogP contribution in [0.5, 0.6) is 0 Å². The van der Waals surface area contributed by atoms with Gasteiger partial charge in [0.2, 0.25) is 0 Å². The minimum atomic E-state index is -0.366. The first-order chi connectivity index (χ1) is 7.83. The van der Waals surface area contributed by atoms with Gasteiger partial charge in [0, 0.05) is 24.2 Å². The second-order valence-corrected chi connectivity index (χ2v) is 3.23. The SMILES string of the molecule is CNC(c1ncccn1)c1ccncc1F. The first-order valence-electron chi connectivity index (χ1n) is 4.86. The van der Waals surface area contributed by atoms with Crippen LogP contribution in [-0.4, -0.2) is 22.0 Å². The highest BCUT2D eigenvalue weighted by Crippen LogP contribution is 2.19. The Morgan fingerprint density at radius 2 is 2.00 bits per heavy atom. The summed E-state index contributed by atoms with van der Waals surface area (Å²) >= 11 is 0. The molecule has 0 saturated heterocycles. The fourth-order valence-electron chi connectivity index (χ4n) is 1.50. The van der Waals surface area contributed by atoms with E-state index in [-0.39, 0.29) is 11.9 Å². The number of rotatable bonds is 3. The van der Waals surface area contributed by atoms with E-state index in [0.717, 1.165) is 0 Å². The van der Waals surface area contributed by atoms with E-state index in [1.807, 2.05) is 0 Å². The van der Waals surface area contributed by atoms with Crippen molar-refractivity contribution in [3.05, 3.63) is 54.1 Å². The van der Waals surface area contributed by atoms with Gasteiger partial charge in [0.05, 0.1) is 12.2 Å². The summed E-state index contributed by atoms with van der Waals surface area (Å²) < 4.78 is 13.6. The third kappa shape index (κ3) is 2.04. The van der Waals surface area contributed by atoms with Gasteiger partial charge >= 0.3 is 0 Å². The van der Waals surface area contributed by atoms with Crippen molar-refractivity contribution in [1.82, 2.24) is 20.3 Å². The van der Waals surface area contributed by atoms with E-state index in [4.69, 9.17) is 0 Å². The molecule has 0 amide bonds. The van der Waals surface area contributed by atoms with Gasteiger partial charge in [-0.2, -0.15) is 0 Å². The van der Waals surface area contributed by atoms with Crippen LogP contribution in [0.25, 0.3) is 0 Å². The molecule has 4 nitrogen and oxygen atoms in total. The van der Waals surface area contributed by atoms with Crippen LogP contribution in [0.4, 0.5) is 4.39 Å².